The van der Waals surface area contributed by atoms with Gasteiger partial charge in [-0.3, -0.25) is 0 Å². The van der Waals surface area contributed by atoms with Crippen LogP contribution in [0.15, 0.2) is 24.3 Å². The maximum Gasteiger partial charge on any atom is 0.0639 e. The van der Waals surface area contributed by atoms with Gasteiger partial charge in [0, 0.05) is 37.6 Å². The first-order chi connectivity index (χ1) is 9.40. The maximum atomic E-state index is 5.53. The Hall–Kier alpha value is -1.22. The zero-order valence-electron chi connectivity index (χ0n) is 12.0. The van der Waals surface area contributed by atoms with Gasteiger partial charge in [-0.05, 0) is 43.5 Å². The predicted octanol–water partition coefficient (Wildman–Crippen LogP) is 3.52. The fraction of sp³-hybridized carbons (Fsp3) is 0.625. The molecule has 1 aromatic rings. The monoisotopic (exact) mass is 262 g/mol. The summed E-state index contributed by atoms with van der Waals surface area (Å²) in [7, 11) is 0. The number of hydrogen-bond acceptors (Lipinski definition) is 3. The lowest BCUT2D eigenvalue weighted by atomic mass is 10.2. The number of ether oxygens (including phenoxy) is 1. The third-order valence-electron chi connectivity index (χ3n) is 3.56. The first-order valence-corrected chi connectivity index (χ1v) is 7.57. The topological polar surface area (TPSA) is 24.5 Å². The van der Waals surface area contributed by atoms with Crippen LogP contribution in [-0.2, 0) is 4.74 Å². The standard InChI is InChI=1S/C16H26N2O/c1-2-3-13-19-14-10-17-15-6-8-16(9-7-15)18-11-4-5-12-18/h6-9,17H,2-5,10-14H2,1H3. The van der Waals surface area contributed by atoms with Gasteiger partial charge in [0.15, 0.2) is 0 Å². The lowest BCUT2D eigenvalue weighted by Gasteiger charge is -2.18. The van der Waals surface area contributed by atoms with Gasteiger partial charge in [-0.1, -0.05) is 13.3 Å². The highest BCUT2D eigenvalue weighted by atomic mass is 16.5. The Morgan fingerprint density at radius 3 is 2.53 bits per heavy atom. The molecule has 0 amide bonds. The molecule has 0 atom stereocenters. The molecule has 1 aliphatic heterocycles. The van der Waals surface area contributed by atoms with Gasteiger partial charge in [0.1, 0.15) is 0 Å². The number of nitrogens with zero attached hydrogens (tertiary/aromatic N) is 1. The van der Waals surface area contributed by atoms with Crippen LogP contribution in [-0.4, -0.2) is 32.8 Å². The zero-order valence-corrected chi connectivity index (χ0v) is 12.0. The second kappa shape index (κ2) is 8.05. The van der Waals surface area contributed by atoms with Gasteiger partial charge in [-0.15, -0.1) is 0 Å². The van der Waals surface area contributed by atoms with E-state index in [1.54, 1.807) is 0 Å². The predicted molar refractivity (Wildman–Crippen MR) is 82.1 cm³/mol. The molecule has 0 saturated carbocycles. The van der Waals surface area contributed by atoms with Crippen molar-refractivity contribution in [1.29, 1.82) is 0 Å². The van der Waals surface area contributed by atoms with E-state index < -0.39 is 0 Å². The van der Waals surface area contributed by atoms with Crippen LogP contribution in [0.4, 0.5) is 11.4 Å². The van der Waals surface area contributed by atoms with Crippen LogP contribution in [0.3, 0.4) is 0 Å². The highest BCUT2D eigenvalue weighted by molar-refractivity contribution is 5.55. The normalized spacial score (nSPS) is 14.9. The average molecular weight is 262 g/mol. The first-order valence-electron chi connectivity index (χ1n) is 7.57. The minimum absolute atomic E-state index is 0.786. The smallest absolute Gasteiger partial charge is 0.0639 e. The van der Waals surface area contributed by atoms with Crippen molar-refractivity contribution in [3.05, 3.63) is 24.3 Å². The van der Waals surface area contributed by atoms with E-state index in [0.717, 1.165) is 26.2 Å². The highest BCUT2D eigenvalue weighted by Crippen LogP contribution is 2.21. The van der Waals surface area contributed by atoms with Crippen LogP contribution in [0.25, 0.3) is 0 Å². The summed E-state index contributed by atoms with van der Waals surface area (Å²) < 4.78 is 5.53. The Labute approximate surface area is 116 Å². The third kappa shape index (κ3) is 4.75. The Balaban J connectivity index is 1.67. The first kappa shape index (κ1) is 14.2. The van der Waals surface area contributed by atoms with Gasteiger partial charge >= 0.3 is 0 Å². The van der Waals surface area contributed by atoms with Crippen LogP contribution < -0.4 is 10.2 Å². The Morgan fingerprint density at radius 2 is 1.84 bits per heavy atom. The summed E-state index contributed by atoms with van der Waals surface area (Å²) in [5.74, 6) is 0. The molecule has 0 spiro atoms. The molecule has 3 heteroatoms. The van der Waals surface area contributed by atoms with E-state index in [4.69, 9.17) is 4.74 Å². The molecule has 0 aromatic heterocycles. The van der Waals surface area contributed by atoms with Crippen molar-refractivity contribution < 1.29 is 4.74 Å². The maximum absolute atomic E-state index is 5.53. The van der Waals surface area contributed by atoms with Crippen LogP contribution in [0, 0.1) is 0 Å². The van der Waals surface area contributed by atoms with Crippen molar-refractivity contribution in [1.82, 2.24) is 0 Å². The SMILES string of the molecule is CCCCOCCNc1ccc(N2CCCC2)cc1. The van der Waals surface area contributed by atoms with Gasteiger partial charge in [0.2, 0.25) is 0 Å². The summed E-state index contributed by atoms with van der Waals surface area (Å²) in [4.78, 5) is 2.46. The molecule has 1 N–H and O–H groups in total. The molecule has 1 fully saturated rings. The third-order valence-corrected chi connectivity index (χ3v) is 3.56. The zero-order chi connectivity index (χ0) is 13.3. The van der Waals surface area contributed by atoms with Gasteiger partial charge < -0.3 is 15.0 Å². The van der Waals surface area contributed by atoms with Gasteiger partial charge in [0.05, 0.1) is 6.61 Å². The number of hydrogen-bond donors (Lipinski definition) is 1. The summed E-state index contributed by atoms with van der Waals surface area (Å²) in [5.41, 5.74) is 2.53. The molecule has 2 rings (SSSR count). The van der Waals surface area contributed by atoms with E-state index in [9.17, 15) is 0 Å². The van der Waals surface area contributed by atoms with E-state index in [-0.39, 0.29) is 0 Å². The molecular formula is C16H26N2O. The summed E-state index contributed by atoms with van der Waals surface area (Å²) in [6.45, 7) is 7.15. The average Bonchev–Trinajstić information content (AvgIpc) is 2.97. The molecule has 0 aliphatic carbocycles. The van der Waals surface area contributed by atoms with Crippen molar-refractivity contribution in [2.45, 2.75) is 32.6 Å². The summed E-state index contributed by atoms with van der Waals surface area (Å²) in [6, 6.07) is 8.76. The van der Waals surface area contributed by atoms with Gasteiger partial charge in [-0.2, -0.15) is 0 Å². The molecular weight excluding hydrogens is 236 g/mol. The van der Waals surface area contributed by atoms with E-state index in [1.807, 2.05) is 0 Å². The largest absolute Gasteiger partial charge is 0.383 e. The van der Waals surface area contributed by atoms with Crippen molar-refractivity contribution in [3.8, 4) is 0 Å². The number of unbranched alkanes of at least 4 members (excludes halogenated alkanes) is 1. The van der Waals surface area contributed by atoms with Crippen molar-refractivity contribution in [2.24, 2.45) is 0 Å². The lowest BCUT2D eigenvalue weighted by Crippen LogP contribution is -2.17. The number of anilines is 2. The molecule has 3 nitrogen and oxygen atoms in total. The Morgan fingerprint density at radius 1 is 1.11 bits per heavy atom. The molecule has 0 unspecified atom stereocenters. The highest BCUT2D eigenvalue weighted by Gasteiger charge is 2.11. The Bertz CT molecular complexity index is 344. The second-order valence-electron chi connectivity index (χ2n) is 5.13. The minimum atomic E-state index is 0.786. The molecule has 1 heterocycles. The fourth-order valence-electron chi connectivity index (χ4n) is 2.38. The molecule has 1 aromatic carbocycles. The minimum Gasteiger partial charge on any atom is -0.383 e. The quantitative estimate of drug-likeness (QED) is 0.726. The summed E-state index contributed by atoms with van der Waals surface area (Å²) >= 11 is 0. The Kier molecular flexibility index (Phi) is 6.02. The lowest BCUT2D eigenvalue weighted by molar-refractivity contribution is 0.141. The van der Waals surface area contributed by atoms with E-state index in [2.05, 4.69) is 41.4 Å². The van der Waals surface area contributed by atoms with Crippen LogP contribution in [0.5, 0.6) is 0 Å². The molecule has 0 bridgehead atoms. The molecule has 1 aliphatic rings. The summed E-state index contributed by atoms with van der Waals surface area (Å²) in [6.07, 6.45) is 5.01. The van der Waals surface area contributed by atoms with Gasteiger partial charge in [0.25, 0.3) is 0 Å². The van der Waals surface area contributed by atoms with E-state index in [1.165, 1.54) is 43.7 Å². The van der Waals surface area contributed by atoms with Gasteiger partial charge in [-0.25, -0.2) is 0 Å². The van der Waals surface area contributed by atoms with E-state index in [0.29, 0.717) is 0 Å². The number of rotatable bonds is 8. The second-order valence-corrected chi connectivity index (χ2v) is 5.13. The van der Waals surface area contributed by atoms with Crippen LogP contribution in [0.2, 0.25) is 0 Å². The molecule has 19 heavy (non-hydrogen) atoms. The number of benzene rings is 1. The van der Waals surface area contributed by atoms with Crippen LogP contribution >= 0.6 is 0 Å². The fourth-order valence-corrected chi connectivity index (χ4v) is 2.38. The van der Waals surface area contributed by atoms with E-state index >= 15 is 0 Å². The summed E-state index contributed by atoms with van der Waals surface area (Å²) in [5, 5.41) is 3.40. The van der Waals surface area contributed by atoms with Crippen molar-refractivity contribution >= 4 is 11.4 Å². The molecule has 106 valence electrons. The van der Waals surface area contributed by atoms with Crippen LogP contribution in [0.1, 0.15) is 32.6 Å². The molecule has 0 radical (unpaired) electrons. The van der Waals surface area contributed by atoms with Crippen molar-refractivity contribution in [3.63, 3.8) is 0 Å². The van der Waals surface area contributed by atoms with Crippen molar-refractivity contribution in [2.75, 3.05) is 43.1 Å². The number of nitrogens with one attached hydrogen (secondary N) is 1. The molecule has 1 saturated heterocycles.